The molecule has 0 amide bonds. The summed E-state index contributed by atoms with van der Waals surface area (Å²) in [6.07, 6.45) is 2.00. The molecule has 1 aromatic heterocycles. The summed E-state index contributed by atoms with van der Waals surface area (Å²) in [5.74, 6) is 0.729. The Morgan fingerprint density at radius 3 is 2.57 bits per heavy atom. The van der Waals surface area contributed by atoms with Gasteiger partial charge in [-0.15, -0.1) is 4.91 Å². The summed E-state index contributed by atoms with van der Waals surface area (Å²) in [6, 6.07) is 9.37. The monoisotopic (exact) mass is 286 g/mol. The first-order valence-electron chi connectivity index (χ1n) is 6.81. The van der Waals surface area contributed by atoms with Gasteiger partial charge in [-0.2, -0.15) is 9.97 Å². The van der Waals surface area contributed by atoms with Gasteiger partial charge in [0, 0.05) is 12.2 Å². The van der Waals surface area contributed by atoms with Crippen molar-refractivity contribution in [2.45, 2.75) is 19.8 Å². The van der Waals surface area contributed by atoms with Gasteiger partial charge in [0.15, 0.2) is 17.3 Å². The van der Waals surface area contributed by atoms with Crippen molar-refractivity contribution in [1.82, 2.24) is 9.97 Å². The summed E-state index contributed by atoms with van der Waals surface area (Å²) >= 11 is 0. The van der Waals surface area contributed by atoms with Crippen LogP contribution in [0.3, 0.4) is 0 Å². The van der Waals surface area contributed by atoms with E-state index in [4.69, 9.17) is 5.73 Å². The number of aromatic nitrogens is 2. The largest absolute Gasteiger partial charge is 0.368 e. The molecule has 4 N–H and O–H groups in total. The van der Waals surface area contributed by atoms with Crippen LogP contribution in [0.4, 0.5) is 29.0 Å². The summed E-state index contributed by atoms with van der Waals surface area (Å²) < 4.78 is 0. The zero-order valence-electron chi connectivity index (χ0n) is 11.8. The lowest BCUT2D eigenvalue weighted by Gasteiger charge is -2.12. The average molecular weight is 286 g/mol. The zero-order chi connectivity index (χ0) is 15.1. The van der Waals surface area contributed by atoms with Gasteiger partial charge in [0.2, 0.25) is 5.95 Å². The van der Waals surface area contributed by atoms with Crippen molar-refractivity contribution >= 4 is 29.0 Å². The molecule has 0 radical (unpaired) electrons. The highest BCUT2D eigenvalue weighted by Crippen LogP contribution is 2.33. The number of benzene rings is 1. The number of nitrogens with zero attached hydrogens (tertiary/aromatic N) is 3. The lowest BCUT2D eigenvalue weighted by Crippen LogP contribution is -2.08. The van der Waals surface area contributed by atoms with Gasteiger partial charge in [-0.25, -0.2) is 0 Å². The van der Waals surface area contributed by atoms with Crippen molar-refractivity contribution in [3.63, 3.8) is 0 Å². The van der Waals surface area contributed by atoms with Crippen molar-refractivity contribution in [2.24, 2.45) is 5.18 Å². The molecule has 110 valence electrons. The predicted octanol–water partition coefficient (Wildman–Crippen LogP) is 3.41. The number of nitrogens with one attached hydrogen (secondary N) is 2. The molecule has 0 saturated carbocycles. The highest BCUT2D eigenvalue weighted by atomic mass is 16.3. The maximum Gasteiger partial charge on any atom is 0.224 e. The van der Waals surface area contributed by atoms with Crippen molar-refractivity contribution < 1.29 is 0 Å². The van der Waals surface area contributed by atoms with Crippen LogP contribution >= 0.6 is 0 Å². The fourth-order valence-corrected chi connectivity index (χ4v) is 1.81. The molecule has 0 saturated heterocycles. The molecule has 0 spiro atoms. The number of nitrogens with two attached hydrogens (primary N) is 1. The third-order valence-electron chi connectivity index (χ3n) is 2.85. The molecule has 7 heteroatoms. The van der Waals surface area contributed by atoms with E-state index in [0.29, 0.717) is 18.2 Å². The number of rotatable bonds is 7. The number of nitroso groups, excluding NO2 is 1. The van der Waals surface area contributed by atoms with Crippen LogP contribution in [0.15, 0.2) is 35.5 Å². The van der Waals surface area contributed by atoms with E-state index in [1.165, 1.54) is 0 Å². The van der Waals surface area contributed by atoms with Crippen LogP contribution in [-0.2, 0) is 0 Å². The zero-order valence-corrected chi connectivity index (χ0v) is 11.8. The quantitative estimate of drug-likeness (QED) is 0.532. The van der Waals surface area contributed by atoms with Gasteiger partial charge in [-0.05, 0) is 23.7 Å². The van der Waals surface area contributed by atoms with Crippen LogP contribution in [0.5, 0.6) is 0 Å². The van der Waals surface area contributed by atoms with E-state index in [1.807, 2.05) is 30.3 Å². The molecule has 0 aliphatic carbocycles. The molecular formula is C14H18N6O. The molecule has 0 unspecified atom stereocenters. The molecule has 2 rings (SSSR count). The number of unbranched alkanes of at least 4 members (excludes halogenated alkanes) is 1. The molecule has 0 aliphatic heterocycles. The summed E-state index contributed by atoms with van der Waals surface area (Å²) in [5.41, 5.74) is 6.62. The lowest BCUT2D eigenvalue weighted by atomic mass is 10.3. The molecule has 0 bridgehead atoms. The van der Waals surface area contributed by atoms with Crippen LogP contribution in [0, 0.1) is 4.91 Å². The highest BCUT2D eigenvalue weighted by Gasteiger charge is 2.14. The summed E-state index contributed by atoms with van der Waals surface area (Å²) in [6.45, 7) is 2.78. The molecule has 2 aromatic rings. The van der Waals surface area contributed by atoms with E-state index < -0.39 is 0 Å². The second-order valence-electron chi connectivity index (χ2n) is 4.49. The molecule has 1 heterocycles. The van der Waals surface area contributed by atoms with E-state index in [-0.39, 0.29) is 11.6 Å². The predicted molar refractivity (Wildman–Crippen MR) is 85.0 cm³/mol. The van der Waals surface area contributed by atoms with Gasteiger partial charge in [-0.3, -0.25) is 0 Å². The van der Waals surface area contributed by atoms with E-state index in [1.54, 1.807) is 0 Å². The second kappa shape index (κ2) is 7.18. The number of hydrogen-bond acceptors (Lipinski definition) is 7. The fourth-order valence-electron chi connectivity index (χ4n) is 1.81. The Balaban J connectivity index is 2.29. The molecule has 21 heavy (non-hydrogen) atoms. The summed E-state index contributed by atoms with van der Waals surface area (Å²) in [7, 11) is 0. The third-order valence-corrected chi connectivity index (χ3v) is 2.85. The van der Waals surface area contributed by atoms with Crippen LogP contribution < -0.4 is 16.4 Å². The Labute approximate surface area is 123 Å². The van der Waals surface area contributed by atoms with Gasteiger partial charge in [-0.1, -0.05) is 31.5 Å². The minimum Gasteiger partial charge on any atom is -0.368 e. The van der Waals surface area contributed by atoms with Gasteiger partial charge in [0.25, 0.3) is 0 Å². The van der Waals surface area contributed by atoms with Crippen molar-refractivity contribution in [1.29, 1.82) is 0 Å². The van der Waals surface area contributed by atoms with Crippen molar-refractivity contribution in [3.05, 3.63) is 35.2 Å². The molecule has 0 aliphatic rings. The van der Waals surface area contributed by atoms with Gasteiger partial charge < -0.3 is 16.4 Å². The topological polar surface area (TPSA) is 105 Å². The molecule has 0 atom stereocenters. The average Bonchev–Trinajstić information content (AvgIpc) is 2.48. The highest BCUT2D eigenvalue weighted by molar-refractivity contribution is 5.78. The Hall–Kier alpha value is -2.70. The Bertz CT molecular complexity index is 602. The van der Waals surface area contributed by atoms with Crippen LogP contribution in [0.2, 0.25) is 0 Å². The normalized spacial score (nSPS) is 10.1. The SMILES string of the molecule is CCCCNc1nc(N)nc(Nc2ccccc2)c1N=O. The molecule has 7 nitrogen and oxygen atoms in total. The number of nitrogen functional groups attached to an aromatic ring is 1. The Kier molecular flexibility index (Phi) is 5.03. The number of hydrogen-bond donors (Lipinski definition) is 3. The van der Waals surface area contributed by atoms with E-state index in [0.717, 1.165) is 18.5 Å². The first-order chi connectivity index (χ1) is 10.2. The summed E-state index contributed by atoms with van der Waals surface area (Å²) in [4.78, 5) is 19.2. The first-order valence-corrected chi connectivity index (χ1v) is 6.81. The summed E-state index contributed by atoms with van der Waals surface area (Å²) in [5, 5.41) is 9.13. The standard InChI is InChI=1S/C14H18N6O/c1-2-3-9-16-12-11(20-21)13(19-14(15)18-12)17-10-7-5-4-6-8-10/h4-8H,2-3,9H2,1H3,(H4,15,16,17,18,19). The minimum atomic E-state index is 0.0832. The fraction of sp³-hybridized carbons (Fsp3) is 0.286. The minimum absolute atomic E-state index is 0.0832. The number of anilines is 4. The van der Waals surface area contributed by atoms with E-state index in [2.05, 4.69) is 32.7 Å². The second-order valence-corrected chi connectivity index (χ2v) is 4.49. The Morgan fingerprint density at radius 2 is 1.90 bits per heavy atom. The maximum absolute atomic E-state index is 11.1. The van der Waals surface area contributed by atoms with E-state index >= 15 is 0 Å². The lowest BCUT2D eigenvalue weighted by molar-refractivity contribution is 0.831. The van der Waals surface area contributed by atoms with Gasteiger partial charge in [0.05, 0.1) is 0 Å². The van der Waals surface area contributed by atoms with Gasteiger partial charge in [0.1, 0.15) is 0 Å². The molecule has 0 fully saturated rings. The van der Waals surface area contributed by atoms with Gasteiger partial charge >= 0.3 is 0 Å². The molecule has 1 aromatic carbocycles. The third kappa shape index (κ3) is 3.88. The Morgan fingerprint density at radius 1 is 1.19 bits per heavy atom. The van der Waals surface area contributed by atoms with E-state index in [9.17, 15) is 4.91 Å². The first kappa shape index (κ1) is 14.7. The number of para-hydroxylation sites is 1. The smallest absolute Gasteiger partial charge is 0.224 e. The maximum atomic E-state index is 11.1. The van der Waals surface area contributed by atoms with Crippen molar-refractivity contribution in [3.8, 4) is 0 Å². The van der Waals surface area contributed by atoms with Crippen LogP contribution in [0.1, 0.15) is 19.8 Å². The van der Waals surface area contributed by atoms with Crippen molar-refractivity contribution in [2.75, 3.05) is 22.9 Å². The molecular weight excluding hydrogens is 268 g/mol. The van der Waals surface area contributed by atoms with Crippen LogP contribution in [-0.4, -0.2) is 16.5 Å². The van der Waals surface area contributed by atoms with Crippen LogP contribution in [0.25, 0.3) is 0 Å².